The van der Waals surface area contributed by atoms with Crippen molar-refractivity contribution in [2.45, 2.75) is 6.42 Å². The smallest absolute Gasteiger partial charge is 0.270 e. The second kappa shape index (κ2) is 11.3. The molecule has 164 valence electrons. The Balaban J connectivity index is 1.78. The lowest BCUT2D eigenvalue weighted by atomic mass is 10.1. The Morgan fingerprint density at radius 3 is 2.69 bits per heavy atom. The number of benzene rings is 2. The highest BCUT2D eigenvalue weighted by Crippen LogP contribution is 2.27. The highest BCUT2D eigenvalue weighted by molar-refractivity contribution is 5.81. The van der Waals surface area contributed by atoms with E-state index in [9.17, 15) is 10.1 Å². The van der Waals surface area contributed by atoms with Crippen molar-refractivity contribution < 1.29 is 14.2 Å². The Labute approximate surface area is 185 Å². The van der Waals surface area contributed by atoms with Crippen molar-refractivity contribution in [1.29, 1.82) is 5.26 Å². The maximum atomic E-state index is 12.3. The van der Waals surface area contributed by atoms with Crippen LogP contribution >= 0.6 is 0 Å². The van der Waals surface area contributed by atoms with Crippen LogP contribution in [-0.4, -0.2) is 43.6 Å². The highest BCUT2D eigenvalue weighted by Gasteiger charge is 2.13. The summed E-state index contributed by atoms with van der Waals surface area (Å²) >= 11 is 0. The van der Waals surface area contributed by atoms with Crippen LogP contribution in [0.25, 0.3) is 11.3 Å². The first-order valence-electron chi connectivity index (χ1n) is 9.85. The monoisotopic (exact) mass is 433 g/mol. The summed E-state index contributed by atoms with van der Waals surface area (Å²) in [5, 5.41) is 13.5. The first-order valence-corrected chi connectivity index (χ1v) is 9.85. The van der Waals surface area contributed by atoms with Gasteiger partial charge in [0.15, 0.2) is 11.5 Å². The number of hydrazone groups is 1. The molecule has 9 nitrogen and oxygen atoms in total. The van der Waals surface area contributed by atoms with Gasteiger partial charge < -0.3 is 14.2 Å². The van der Waals surface area contributed by atoms with E-state index in [0.717, 1.165) is 12.0 Å². The molecule has 0 saturated carbocycles. The number of nitrogens with zero attached hydrogens (tertiary/aromatic N) is 3. The van der Waals surface area contributed by atoms with Crippen molar-refractivity contribution in [3.05, 3.63) is 70.0 Å². The summed E-state index contributed by atoms with van der Waals surface area (Å²) in [6.45, 7) is 1.09. The summed E-state index contributed by atoms with van der Waals surface area (Å²) in [6.07, 6.45) is 2.31. The molecule has 0 radical (unpaired) electrons. The summed E-state index contributed by atoms with van der Waals surface area (Å²) in [4.78, 5) is 19.2. The van der Waals surface area contributed by atoms with Gasteiger partial charge in [-0.1, -0.05) is 30.3 Å². The van der Waals surface area contributed by atoms with Gasteiger partial charge in [-0.05, 0) is 23.8 Å². The molecule has 9 heteroatoms. The molecule has 0 saturated heterocycles. The zero-order valence-corrected chi connectivity index (χ0v) is 17.8. The van der Waals surface area contributed by atoms with Crippen molar-refractivity contribution in [3.8, 4) is 28.8 Å². The Hall–Kier alpha value is -4.16. The first kappa shape index (κ1) is 22.5. The molecule has 1 heterocycles. The summed E-state index contributed by atoms with van der Waals surface area (Å²) in [5.41, 5.74) is 3.80. The lowest BCUT2D eigenvalue weighted by Crippen LogP contribution is -2.16. The molecule has 2 aromatic carbocycles. The molecule has 0 spiro atoms. The van der Waals surface area contributed by atoms with Gasteiger partial charge in [0.1, 0.15) is 11.6 Å². The fraction of sp³-hybridized carbons (Fsp3) is 0.217. The number of nitrogens with one attached hydrogen (secondary N) is 2. The standard InChI is InChI=1S/C23H23N5O4/c1-30-11-6-12-32-20-13-16(9-10-19(20)31-2)15-25-28-23-26-21(17-7-4-3-5-8-17)18(14-24)22(29)27-23/h3-5,7-10,13,15H,6,11-12H2,1-2H3,(H2,26,27,28,29). The third-order valence-electron chi connectivity index (χ3n) is 4.40. The average molecular weight is 433 g/mol. The molecular weight excluding hydrogens is 410 g/mol. The van der Waals surface area contributed by atoms with Gasteiger partial charge in [0.25, 0.3) is 5.56 Å². The molecule has 0 aliphatic carbocycles. The van der Waals surface area contributed by atoms with Crippen LogP contribution in [0.15, 0.2) is 58.4 Å². The second-order valence-corrected chi connectivity index (χ2v) is 6.59. The molecule has 0 atom stereocenters. The number of hydrogen-bond acceptors (Lipinski definition) is 8. The number of rotatable bonds is 10. The minimum atomic E-state index is -0.546. The number of ether oxygens (including phenoxy) is 3. The van der Waals surface area contributed by atoms with E-state index in [1.165, 1.54) is 0 Å². The van der Waals surface area contributed by atoms with Gasteiger partial charge in [-0.25, -0.2) is 10.4 Å². The molecule has 2 N–H and O–H groups in total. The minimum Gasteiger partial charge on any atom is -0.493 e. The van der Waals surface area contributed by atoms with Gasteiger partial charge in [0, 0.05) is 25.7 Å². The van der Waals surface area contributed by atoms with Crippen LogP contribution in [0, 0.1) is 11.3 Å². The van der Waals surface area contributed by atoms with Crippen molar-refractivity contribution in [2.24, 2.45) is 5.10 Å². The van der Waals surface area contributed by atoms with E-state index in [-0.39, 0.29) is 17.2 Å². The quantitative estimate of drug-likeness (QED) is 0.286. The van der Waals surface area contributed by atoms with Crippen LogP contribution in [-0.2, 0) is 4.74 Å². The van der Waals surface area contributed by atoms with E-state index >= 15 is 0 Å². The molecule has 3 aromatic rings. The third-order valence-corrected chi connectivity index (χ3v) is 4.40. The van der Waals surface area contributed by atoms with E-state index in [0.29, 0.717) is 30.3 Å². The molecule has 1 aromatic heterocycles. The highest BCUT2D eigenvalue weighted by atomic mass is 16.5. The molecular formula is C23H23N5O4. The van der Waals surface area contributed by atoms with Crippen molar-refractivity contribution in [2.75, 3.05) is 32.9 Å². The molecule has 3 rings (SSSR count). The second-order valence-electron chi connectivity index (χ2n) is 6.59. The number of anilines is 1. The van der Waals surface area contributed by atoms with E-state index in [1.54, 1.807) is 44.7 Å². The summed E-state index contributed by atoms with van der Waals surface area (Å²) < 4.78 is 16.1. The summed E-state index contributed by atoms with van der Waals surface area (Å²) in [7, 11) is 3.22. The fourth-order valence-corrected chi connectivity index (χ4v) is 2.87. The van der Waals surface area contributed by atoms with Crippen LogP contribution in [0.1, 0.15) is 17.5 Å². The van der Waals surface area contributed by atoms with Crippen molar-refractivity contribution >= 4 is 12.2 Å². The van der Waals surface area contributed by atoms with Crippen LogP contribution in [0.5, 0.6) is 11.5 Å². The maximum Gasteiger partial charge on any atom is 0.270 e. The molecule has 0 aliphatic heterocycles. The number of nitriles is 1. The van der Waals surface area contributed by atoms with Gasteiger partial charge in [-0.2, -0.15) is 10.4 Å². The SMILES string of the molecule is COCCCOc1cc(C=NNc2nc(-c3ccccc3)c(C#N)c(=O)[nH]2)ccc1OC. The number of H-pyrrole nitrogens is 1. The van der Waals surface area contributed by atoms with Crippen LogP contribution < -0.4 is 20.5 Å². The van der Waals surface area contributed by atoms with E-state index in [4.69, 9.17) is 14.2 Å². The van der Waals surface area contributed by atoms with E-state index in [2.05, 4.69) is 20.5 Å². The van der Waals surface area contributed by atoms with Gasteiger partial charge in [-0.3, -0.25) is 9.78 Å². The molecule has 0 unspecified atom stereocenters. The molecule has 32 heavy (non-hydrogen) atoms. The molecule has 0 fully saturated rings. The Kier molecular flexibility index (Phi) is 7.95. The van der Waals surface area contributed by atoms with Gasteiger partial charge in [-0.15, -0.1) is 0 Å². The summed E-state index contributed by atoms with van der Waals surface area (Å²) in [6, 6.07) is 16.3. The third kappa shape index (κ3) is 5.71. The van der Waals surface area contributed by atoms with Crippen molar-refractivity contribution in [1.82, 2.24) is 9.97 Å². The lowest BCUT2D eigenvalue weighted by molar-refractivity contribution is 0.170. The van der Waals surface area contributed by atoms with E-state index < -0.39 is 5.56 Å². The Morgan fingerprint density at radius 2 is 1.97 bits per heavy atom. The number of aromatic amines is 1. The van der Waals surface area contributed by atoms with Gasteiger partial charge in [0.2, 0.25) is 5.95 Å². The zero-order chi connectivity index (χ0) is 22.8. The normalized spacial score (nSPS) is 10.7. The predicted octanol–water partition coefficient (Wildman–Crippen LogP) is 3.18. The predicted molar refractivity (Wildman–Crippen MR) is 121 cm³/mol. The molecule has 0 amide bonds. The Bertz CT molecular complexity index is 1170. The molecule has 0 bridgehead atoms. The number of aromatic nitrogens is 2. The zero-order valence-electron chi connectivity index (χ0n) is 17.8. The Morgan fingerprint density at radius 1 is 1.16 bits per heavy atom. The molecule has 0 aliphatic rings. The first-order chi connectivity index (χ1) is 15.7. The maximum absolute atomic E-state index is 12.3. The minimum absolute atomic E-state index is 0.0591. The van der Waals surface area contributed by atoms with Gasteiger partial charge >= 0.3 is 0 Å². The van der Waals surface area contributed by atoms with Crippen LogP contribution in [0.2, 0.25) is 0 Å². The lowest BCUT2D eigenvalue weighted by Gasteiger charge is -2.11. The van der Waals surface area contributed by atoms with Crippen LogP contribution in [0.4, 0.5) is 5.95 Å². The van der Waals surface area contributed by atoms with Crippen molar-refractivity contribution in [3.63, 3.8) is 0 Å². The largest absolute Gasteiger partial charge is 0.493 e. The number of methoxy groups -OCH3 is 2. The van der Waals surface area contributed by atoms with Crippen LogP contribution in [0.3, 0.4) is 0 Å². The summed E-state index contributed by atoms with van der Waals surface area (Å²) in [5.74, 6) is 1.32. The fourth-order valence-electron chi connectivity index (χ4n) is 2.87. The topological polar surface area (TPSA) is 122 Å². The van der Waals surface area contributed by atoms with Gasteiger partial charge in [0.05, 0.1) is 25.6 Å². The average Bonchev–Trinajstić information content (AvgIpc) is 2.82. The number of hydrogen-bond donors (Lipinski definition) is 2. The van der Waals surface area contributed by atoms with E-state index in [1.807, 2.05) is 30.3 Å².